The third-order valence-electron chi connectivity index (χ3n) is 5.36. The molecule has 0 spiro atoms. The quantitative estimate of drug-likeness (QED) is 0.358. The average Bonchev–Trinajstić information content (AvgIpc) is 2.84. The zero-order valence-corrected chi connectivity index (χ0v) is 21.2. The number of rotatable bonds is 9. The van der Waals surface area contributed by atoms with Gasteiger partial charge < -0.3 is 9.47 Å². The Morgan fingerprint density at radius 2 is 1.66 bits per heavy atom. The predicted molar refractivity (Wildman–Crippen MR) is 137 cm³/mol. The van der Waals surface area contributed by atoms with E-state index in [1.807, 2.05) is 26.0 Å². The monoisotopic (exact) mass is 495 g/mol. The van der Waals surface area contributed by atoms with Gasteiger partial charge in [0.05, 0.1) is 31.0 Å². The van der Waals surface area contributed by atoms with Crippen molar-refractivity contribution in [2.75, 3.05) is 25.1 Å². The molecule has 0 fully saturated rings. The molecule has 0 aliphatic heterocycles. The number of nitrogens with zero attached hydrogens (tertiary/aromatic N) is 2. The average molecular weight is 496 g/mol. The summed E-state index contributed by atoms with van der Waals surface area (Å²) >= 11 is 0. The Balaban J connectivity index is 1.90. The summed E-state index contributed by atoms with van der Waals surface area (Å²) in [5.41, 5.74) is 5.97. The van der Waals surface area contributed by atoms with Crippen molar-refractivity contribution in [3.8, 4) is 11.5 Å². The molecule has 0 heterocycles. The van der Waals surface area contributed by atoms with Crippen molar-refractivity contribution in [2.45, 2.75) is 25.7 Å². The fraction of sp³-hybridized carbons (Fsp3) is 0.231. The smallest absolute Gasteiger partial charge is 0.264 e. The van der Waals surface area contributed by atoms with Gasteiger partial charge in [-0.2, -0.15) is 5.10 Å². The second-order valence-corrected chi connectivity index (χ2v) is 9.85. The van der Waals surface area contributed by atoms with Gasteiger partial charge in [0.15, 0.2) is 11.5 Å². The number of ether oxygens (including phenoxy) is 2. The van der Waals surface area contributed by atoms with Gasteiger partial charge in [-0.15, -0.1) is 0 Å². The molecule has 0 bridgehead atoms. The van der Waals surface area contributed by atoms with Gasteiger partial charge in [-0.3, -0.25) is 9.10 Å². The van der Waals surface area contributed by atoms with E-state index in [2.05, 4.69) is 10.5 Å². The van der Waals surface area contributed by atoms with Crippen LogP contribution in [0.1, 0.15) is 22.3 Å². The lowest BCUT2D eigenvalue weighted by Gasteiger charge is -2.25. The first-order chi connectivity index (χ1) is 16.7. The number of nitrogens with one attached hydrogen (secondary N) is 1. The molecule has 35 heavy (non-hydrogen) atoms. The van der Waals surface area contributed by atoms with Crippen molar-refractivity contribution in [2.24, 2.45) is 5.10 Å². The SMILES string of the molecule is COc1cccc(/C=N\NC(=O)CN(c2cc(C)ccc2C)S(=O)(=O)c2ccc(C)cc2)c1OC. The second-order valence-electron chi connectivity index (χ2n) is 7.99. The summed E-state index contributed by atoms with van der Waals surface area (Å²) in [5.74, 6) is 0.389. The first kappa shape index (κ1) is 25.8. The molecular weight excluding hydrogens is 466 g/mol. The van der Waals surface area contributed by atoms with Gasteiger partial charge in [-0.25, -0.2) is 13.8 Å². The molecule has 0 radical (unpaired) electrons. The molecule has 1 amide bonds. The van der Waals surface area contributed by atoms with Gasteiger partial charge in [0.25, 0.3) is 15.9 Å². The lowest BCUT2D eigenvalue weighted by Crippen LogP contribution is -2.40. The molecule has 1 N–H and O–H groups in total. The van der Waals surface area contributed by atoms with Gasteiger partial charge >= 0.3 is 0 Å². The van der Waals surface area contributed by atoms with E-state index in [4.69, 9.17) is 9.47 Å². The number of benzene rings is 3. The molecule has 0 saturated heterocycles. The zero-order chi connectivity index (χ0) is 25.6. The second kappa shape index (κ2) is 11.1. The molecule has 0 aliphatic carbocycles. The van der Waals surface area contributed by atoms with Crippen LogP contribution in [-0.2, 0) is 14.8 Å². The van der Waals surface area contributed by atoms with Crippen molar-refractivity contribution in [1.82, 2.24) is 5.43 Å². The Hall–Kier alpha value is -3.85. The number of sulfonamides is 1. The van der Waals surface area contributed by atoms with Crippen LogP contribution in [0.2, 0.25) is 0 Å². The highest BCUT2D eigenvalue weighted by molar-refractivity contribution is 7.92. The zero-order valence-electron chi connectivity index (χ0n) is 20.4. The molecule has 0 aromatic heterocycles. The molecule has 3 rings (SSSR count). The Labute approximate surface area is 206 Å². The molecule has 9 heteroatoms. The van der Waals surface area contributed by atoms with Crippen LogP contribution in [-0.4, -0.2) is 41.3 Å². The van der Waals surface area contributed by atoms with Crippen molar-refractivity contribution in [3.05, 3.63) is 82.9 Å². The fourth-order valence-corrected chi connectivity index (χ4v) is 4.96. The molecule has 0 saturated carbocycles. The van der Waals surface area contributed by atoms with Crippen LogP contribution in [0.15, 0.2) is 70.7 Å². The third-order valence-corrected chi connectivity index (χ3v) is 7.13. The van der Waals surface area contributed by atoms with E-state index in [9.17, 15) is 13.2 Å². The van der Waals surface area contributed by atoms with Gasteiger partial charge in [0, 0.05) is 5.56 Å². The molecule has 184 valence electrons. The number of carbonyl (C=O) groups excluding carboxylic acids is 1. The van der Waals surface area contributed by atoms with E-state index in [0.29, 0.717) is 22.7 Å². The number of hydrogen-bond acceptors (Lipinski definition) is 6. The maximum absolute atomic E-state index is 13.6. The van der Waals surface area contributed by atoms with E-state index in [-0.39, 0.29) is 4.90 Å². The number of hydrogen-bond donors (Lipinski definition) is 1. The van der Waals surface area contributed by atoms with Crippen LogP contribution in [0.4, 0.5) is 5.69 Å². The van der Waals surface area contributed by atoms with Crippen LogP contribution < -0.4 is 19.2 Å². The van der Waals surface area contributed by atoms with Crippen LogP contribution in [0.5, 0.6) is 11.5 Å². The van der Waals surface area contributed by atoms with Crippen molar-refractivity contribution in [1.29, 1.82) is 0 Å². The van der Waals surface area contributed by atoms with Crippen molar-refractivity contribution < 1.29 is 22.7 Å². The number of amides is 1. The maximum atomic E-state index is 13.6. The largest absolute Gasteiger partial charge is 0.493 e. The molecule has 0 atom stereocenters. The number of hydrazone groups is 1. The van der Waals surface area contributed by atoms with Gasteiger partial charge in [0.2, 0.25) is 0 Å². The normalized spacial score (nSPS) is 11.3. The van der Waals surface area contributed by atoms with Crippen molar-refractivity contribution in [3.63, 3.8) is 0 Å². The summed E-state index contributed by atoms with van der Waals surface area (Å²) in [7, 11) is -0.988. The van der Waals surface area contributed by atoms with Gasteiger partial charge in [-0.05, 0) is 62.2 Å². The molecule has 3 aromatic rings. The Morgan fingerprint density at radius 1 is 0.971 bits per heavy atom. The minimum absolute atomic E-state index is 0.0985. The topological polar surface area (TPSA) is 97.3 Å². The van der Waals surface area contributed by atoms with Gasteiger partial charge in [-0.1, -0.05) is 35.9 Å². The Bertz CT molecular complexity index is 1340. The van der Waals surface area contributed by atoms with E-state index in [0.717, 1.165) is 21.0 Å². The summed E-state index contributed by atoms with van der Waals surface area (Å²) in [6, 6.07) is 17.2. The lowest BCUT2D eigenvalue weighted by molar-refractivity contribution is -0.119. The molecule has 0 unspecified atom stereocenters. The summed E-state index contributed by atoms with van der Waals surface area (Å²) < 4.78 is 38.9. The Kier molecular flexibility index (Phi) is 8.14. The highest BCUT2D eigenvalue weighted by Gasteiger charge is 2.28. The van der Waals surface area contributed by atoms with E-state index < -0.39 is 22.5 Å². The molecule has 8 nitrogen and oxygen atoms in total. The predicted octanol–water partition coefficient (Wildman–Crippen LogP) is 3.97. The van der Waals surface area contributed by atoms with Crippen LogP contribution in [0.25, 0.3) is 0 Å². The first-order valence-electron chi connectivity index (χ1n) is 10.9. The van der Waals surface area contributed by atoms with E-state index >= 15 is 0 Å². The number of methoxy groups -OCH3 is 2. The standard InChI is InChI=1S/C26H29N3O5S/c1-18-10-13-22(14-11-18)35(31,32)29(23-15-19(2)9-12-20(23)3)17-25(30)28-27-16-21-7-6-8-24(33-4)26(21)34-5/h6-16H,17H2,1-5H3,(H,28,30)/b27-16-. The first-order valence-corrected chi connectivity index (χ1v) is 12.3. The van der Waals surface area contributed by atoms with E-state index in [1.54, 1.807) is 43.3 Å². The molecule has 3 aromatic carbocycles. The van der Waals surface area contributed by atoms with E-state index in [1.165, 1.54) is 32.6 Å². The van der Waals surface area contributed by atoms with Crippen LogP contribution in [0.3, 0.4) is 0 Å². The number of anilines is 1. The summed E-state index contributed by atoms with van der Waals surface area (Å²) in [4.78, 5) is 12.9. The summed E-state index contributed by atoms with van der Waals surface area (Å²) in [5, 5.41) is 4.00. The minimum atomic E-state index is -4.02. The summed E-state index contributed by atoms with van der Waals surface area (Å²) in [6.45, 7) is 5.10. The lowest BCUT2D eigenvalue weighted by atomic mass is 10.1. The van der Waals surface area contributed by atoms with Crippen molar-refractivity contribution >= 4 is 27.8 Å². The van der Waals surface area contributed by atoms with Gasteiger partial charge in [0.1, 0.15) is 6.54 Å². The fourth-order valence-electron chi connectivity index (χ4n) is 3.48. The summed E-state index contributed by atoms with van der Waals surface area (Å²) in [6.07, 6.45) is 1.41. The molecular formula is C26H29N3O5S. The van der Waals surface area contributed by atoms with Crippen LogP contribution in [0, 0.1) is 20.8 Å². The third kappa shape index (κ3) is 5.99. The number of para-hydroxylation sites is 1. The highest BCUT2D eigenvalue weighted by Crippen LogP contribution is 2.30. The number of aryl methyl sites for hydroxylation is 3. The minimum Gasteiger partial charge on any atom is -0.493 e. The highest BCUT2D eigenvalue weighted by atomic mass is 32.2. The maximum Gasteiger partial charge on any atom is 0.264 e. The molecule has 0 aliphatic rings. The van der Waals surface area contributed by atoms with Crippen LogP contribution >= 0.6 is 0 Å². The Morgan fingerprint density at radius 3 is 2.31 bits per heavy atom. The number of carbonyl (C=O) groups is 1.